The number of benzene rings is 2. The zero-order valence-corrected chi connectivity index (χ0v) is 11.2. The molecule has 0 atom stereocenters. The number of aromatic nitrogens is 2. The number of nitrogens with one attached hydrogen (secondary N) is 1. The predicted molar refractivity (Wildman–Crippen MR) is 78.8 cm³/mol. The molecule has 2 aromatic carbocycles. The van der Waals surface area contributed by atoms with Crippen LogP contribution in [0.4, 0.5) is 0 Å². The summed E-state index contributed by atoms with van der Waals surface area (Å²) in [5.74, 6) is 0.744. The minimum absolute atomic E-state index is 0.366. The molecule has 1 N–H and O–H groups in total. The molecule has 0 unspecified atom stereocenters. The van der Waals surface area contributed by atoms with Gasteiger partial charge in [0.2, 0.25) is 0 Å². The molecule has 0 saturated heterocycles. The summed E-state index contributed by atoms with van der Waals surface area (Å²) < 4.78 is 5.72. The van der Waals surface area contributed by atoms with Crippen LogP contribution >= 0.6 is 0 Å². The van der Waals surface area contributed by atoms with E-state index in [-0.39, 0.29) is 0 Å². The second kappa shape index (κ2) is 5.67. The van der Waals surface area contributed by atoms with E-state index in [1.54, 1.807) is 6.20 Å². The Morgan fingerprint density at radius 3 is 2.90 bits per heavy atom. The average Bonchev–Trinajstić information content (AvgIpc) is 2.48. The van der Waals surface area contributed by atoms with Crippen molar-refractivity contribution in [1.82, 2.24) is 15.3 Å². The number of fused-ring (bicyclic) bond motifs is 1. The van der Waals surface area contributed by atoms with Crippen LogP contribution < -0.4 is 10.1 Å². The smallest absolute Gasteiger partial charge is 0.322 e. The highest BCUT2D eigenvalue weighted by Gasteiger charge is 2.03. The molecule has 0 bridgehead atoms. The first-order valence-corrected chi connectivity index (χ1v) is 6.48. The first kappa shape index (κ1) is 12.6. The van der Waals surface area contributed by atoms with Gasteiger partial charge in [-0.1, -0.05) is 30.3 Å². The first-order valence-electron chi connectivity index (χ1n) is 6.48. The fraction of sp³-hybridized carbons (Fsp3) is 0.125. The summed E-state index contributed by atoms with van der Waals surface area (Å²) in [6.07, 6.45) is 1.77. The van der Waals surface area contributed by atoms with Crippen molar-refractivity contribution in [2.75, 3.05) is 7.05 Å². The lowest BCUT2D eigenvalue weighted by Gasteiger charge is -2.06. The second-order valence-electron chi connectivity index (χ2n) is 4.49. The van der Waals surface area contributed by atoms with Crippen molar-refractivity contribution in [2.24, 2.45) is 0 Å². The van der Waals surface area contributed by atoms with Gasteiger partial charge in [-0.15, -0.1) is 0 Å². The first-order chi connectivity index (χ1) is 9.85. The van der Waals surface area contributed by atoms with Gasteiger partial charge in [-0.2, -0.15) is 4.98 Å². The molecule has 3 rings (SSSR count). The fourth-order valence-electron chi connectivity index (χ4n) is 2.03. The normalized spacial score (nSPS) is 10.7. The van der Waals surface area contributed by atoms with E-state index in [4.69, 9.17) is 4.74 Å². The Balaban J connectivity index is 1.87. The molecular weight excluding hydrogens is 250 g/mol. The standard InChI is InChI=1S/C16H15N3O/c1-17-10-12-5-4-7-14(9-12)20-16-18-11-13-6-2-3-8-15(13)19-16/h2-9,11,17H,10H2,1H3. The molecular formula is C16H15N3O. The Labute approximate surface area is 117 Å². The molecule has 3 aromatic rings. The minimum atomic E-state index is 0.366. The van der Waals surface area contributed by atoms with E-state index < -0.39 is 0 Å². The lowest BCUT2D eigenvalue weighted by atomic mass is 10.2. The lowest BCUT2D eigenvalue weighted by Crippen LogP contribution is -2.04. The summed E-state index contributed by atoms with van der Waals surface area (Å²) >= 11 is 0. The fourth-order valence-corrected chi connectivity index (χ4v) is 2.03. The van der Waals surface area contributed by atoms with Crippen molar-refractivity contribution in [3.63, 3.8) is 0 Å². The van der Waals surface area contributed by atoms with Crippen LogP contribution in [0.15, 0.2) is 54.7 Å². The molecule has 0 aliphatic carbocycles. The highest BCUT2D eigenvalue weighted by Crippen LogP contribution is 2.20. The van der Waals surface area contributed by atoms with E-state index in [9.17, 15) is 0 Å². The quantitative estimate of drug-likeness (QED) is 0.787. The third-order valence-electron chi connectivity index (χ3n) is 2.96. The maximum atomic E-state index is 5.72. The molecule has 1 aromatic heterocycles. The summed E-state index contributed by atoms with van der Waals surface area (Å²) in [6.45, 7) is 0.801. The number of para-hydroxylation sites is 1. The Morgan fingerprint density at radius 2 is 2.00 bits per heavy atom. The molecule has 20 heavy (non-hydrogen) atoms. The van der Waals surface area contributed by atoms with Crippen LogP contribution in [0.1, 0.15) is 5.56 Å². The summed E-state index contributed by atoms with van der Waals surface area (Å²) in [5.41, 5.74) is 2.04. The average molecular weight is 265 g/mol. The molecule has 4 nitrogen and oxygen atoms in total. The topological polar surface area (TPSA) is 47.0 Å². The van der Waals surface area contributed by atoms with Crippen molar-refractivity contribution < 1.29 is 4.74 Å². The number of hydrogen-bond acceptors (Lipinski definition) is 4. The molecule has 1 heterocycles. The van der Waals surface area contributed by atoms with E-state index in [0.29, 0.717) is 6.01 Å². The maximum absolute atomic E-state index is 5.72. The van der Waals surface area contributed by atoms with Gasteiger partial charge in [0.05, 0.1) is 5.52 Å². The largest absolute Gasteiger partial charge is 0.424 e. The van der Waals surface area contributed by atoms with Gasteiger partial charge < -0.3 is 10.1 Å². The van der Waals surface area contributed by atoms with Crippen molar-refractivity contribution >= 4 is 10.9 Å². The molecule has 0 spiro atoms. The molecule has 0 aliphatic heterocycles. The van der Waals surface area contributed by atoms with Gasteiger partial charge in [0.25, 0.3) is 0 Å². The Hall–Kier alpha value is -2.46. The van der Waals surface area contributed by atoms with Crippen LogP contribution in [0.25, 0.3) is 10.9 Å². The van der Waals surface area contributed by atoms with Gasteiger partial charge in [-0.3, -0.25) is 0 Å². The van der Waals surface area contributed by atoms with Crippen LogP contribution in [0, 0.1) is 0 Å². The van der Waals surface area contributed by atoms with E-state index >= 15 is 0 Å². The lowest BCUT2D eigenvalue weighted by molar-refractivity contribution is 0.443. The highest BCUT2D eigenvalue weighted by molar-refractivity contribution is 5.77. The molecule has 0 aliphatic rings. The zero-order valence-electron chi connectivity index (χ0n) is 11.2. The van der Waals surface area contributed by atoms with Crippen molar-refractivity contribution in [2.45, 2.75) is 6.54 Å². The van der Waals surface area contributed by atoms with E-state index in [0.717, 1.165) is 28.8 Å². The predicted octanol–water partition coefficient (Wildman–Crippen LogP) is 3.14. The van der Waals surface area contributed by atoms with Gasteiger partial charge >= 0.3 is 6.01 Å². The molecule has 0 radical (unpaired) electrons. The summed E-state index contributed by atoms with van der Waals surface area (Å²) in [6, 6.07) is 16.1. The monoisotopic (exact) mass is 265 g/mol. The number of ether oxygens (including phenoxy) is 1. The molecule has 100 valence electrons. The van der Waals surface area contributed by atoms with E-state index in [2.05, 4.69) is 15.3 Å². The van der Waals surface area contributed by atoms with Gasteiger partial charge in [-0.25, -0.2) is 4.98 Å². The van der Waals surface area contributed by atoms with E-state index in [1.807, 2.05) is 55.6 Å². The Morgan fingerprint density at radius 1 is 1.10 bits per heavy atom. The number of nitrogens with zero attached hydrogens (tertiary/aromatic N) is 2. The molecule has 0 saturated carbocycles. The van der Waals surface area contributed by atoms with Crippen LogP contribution in [0.3, 0.4) is 0 Å². The minimum Gasteiger partial charge on any atom is -0.424 e. The van der Waals surface area contributed by atoms with Crippen molar-refractivity contribution in [3.05, 3.63) is 60.3 Å². The zero-order chi connectivity index (χ0) is 13.8. The molecule has 0 fully saturated rings. The van der Waals surface area contributed by atoms with Gasteiger partial charge in [0.1, 0.15) is 5.75 Å². The Kier molecular flexibility index (Phi) is 3.56. The van der Waals surface area contributed by atoms with Crippen LogP contribution in [-0.2, 0) is 6.54 Å². The van der Waals surface area contributed by atoms with Gasteiger partial charge in [0.15, 0.2) is 0 Å². The van der Waals surface area contributed by atoms with Crippen LogP contribution in [-0.4, -0.2) is 17.0 Å². The highest BCUT2D eigenvalue weighted by atomic mass is 16.5. The van der Waals surface area contributed by atoms with Crippen molar-refractivity contribution in [3.8, 4) is 11.8 Å². The third-order valence-corrected chi connectivity index (χ3v) is 2.96. The molecule has 4 heteroatoms. The van der Waals surface area contributed by atoms with Crippen LogP contribution in [0.5, 0.6) is 11.8 Å². The maximum Gasteiger partial charge on any atom is 0.322 e. The SMILES string of the molecule is CNCc1cccc(Oc2ncc3ccccc3n2)c1. The van der Waals surface area contributed by atoms with Crippen molar-refractivity contribution in [1.29, 1.82) is 0 Å². The molecule has 0 amide bonds. The number of hydrogen-bond donors (Lipinski definition) is 1. The third kappa shape index (κ3) is 2.75. The summed E-state index contributed by atoms with van der Waals surface area (Å²) in [4.78, 5) is 8.63. The second-order valence-corrected chi connectivity index (χ2v) is 4.49. The summed E-state index contributed by atoms with van der Waals surface area (Å²) in [7, 11) is 1.92. The number of rotatable bonds is 4. The van der Waals surface area contributed by atoms with Crippen LogP contribution in [0.2, 0.25) is 0 Å². The Bertz CT molecular complexity index is 727. The summed E-state index contributed by atoms with van der Waals surface area (Å²) in [5, 5.41) is 4.12. The van der Waals surface area contributed by atoms with Gasteiger partial charge in [0, 0.05) is 18.1 Å². The van der Waals surface area contributed by atoms with Gasteiger partial charge in [-0.05, 0) is 30.8 Å². The van der Waals surface area contributed by atoms with E-state index in [1.165, 1.54) is 0 Å².